The summed E-state index contributed by atoms with van der Waals surface area (Å²) in [5.74, 6) is 3.66. The predicted molar refractivity (Wildman–Crippen MR) is 76.0 cm³/mol. The number of aromatic nitrogens is 2. The van der Waals surface area contributed by atoms with E-state index in [9.17, 15) is 0 Å². The molecule has 1 aliphatic carbocycles. The second-order valence-corrected chi connectivity index (χ2v) is 5.02. The van der Waals surface area contributed by atoms with Crippen LogP contribution >= 0.6 is 0 Å². The van der Waals surface area contributed by atoms with E-state index in [4.69, 9.17) is 0 Å². The molecular formula is C14H24N4. The van der Waals surface area contributed by atoms with Crippen molar-refractivity contribution < 1.29 is 0 Å². The van der Waals surface area contributed by atoms with Gasteiger partial charge in [0.2, 0.25) is 0 Å². The minimum absolute atomic E-state index is 0.868. The normalized spacial score (nSPS) is 15.9. The standard InChI is InChI=1S/C14H24N4/c1-3-12-17-13(15-2)10-14(18-12)16-9-8-11-6-4-5-7-11/h10-11H,3-9H2,1-2H3,(H2,15,16,17,18). The van der Waals surface area contributed by atoms with Gasteiger partial charge in [0.1, 0.15) is 17.5 Å². The average molecular weight is 248 g/mol. The van der Waals surface area contributed by atoms with Crippen LogP contribution in [0.25, 0.3) is 0 Å². The Morgan fingerprint density at radius 3 is 2.61 bits per heavy atom. The van der Waals surface area contributed by atoms with E-state index < -0.39 is 0 Å². The molecule has 1 aliphatic rings. The van der Waals surface area contributed by atoms with Gasteiger partial charge in [-0.15, -0.1) is 0 Å². The Kier molecular flexibility index (Phi) is 4.79. The van der Waals surface area contributed by atoms with E-state index in [1.807, 2.05) is 13.1 Å². The summed E-state index contributed by atoms with van der Waals surface area (Å²) in [6.45, 7) is 3.10. The Hall–Kier alpha value is -1.32. The maximum atomic E-state index is 4.50. The number of rotatable bonds is 6. The van der Waals surface area contributed by atoms with E-state index in [1.165, 1.54) is 32.1 Å². The Morgan fingerprint density at radius 1 is 1.22 bits per heavy atom. The molecule has 1 aromatic heterocycles. The van der Waals surface area contributed by atoms with Gasteiger partial charge in [0.05, 0.1) is 0 Å². The number of aryl methyl sites for hydroxylation is 1. The van der Waals surface area contributed by atoms with Gasteiger partial charge in [-0.2, -0.15) is 0 Å². The van der Waals surface area contributed by atoms with Gasteiger partial charge in [-0.1, -0.05) is 32.6 Å². The van der Waals surface area contributed by atoms with Crippen molar-refractivity contribution in [2.45, 2.75) is 45.4 Å². The third kappa shape index (κ3) is 3.59. The highest BCUT2D eigenvalue weighted by Gasteiger charge is 2.14. The van der Waals surface area contributed by atoms with Crippen LogP contribution in [0.4, 0.5) is 11.6 Å². The van der Waals surface area contributed by atoms with Gasteiger partial charge in [-0.25, -0.2) is 9.97 Å². The van der Waals surface area contributed by atoms with Crippen LogP contribution in [-0.2, 0) is 6.42 Å². The monoisotopic (exact) mass is 248 g/mol. The number of anilines is 2. The molecule has 100 valence electrons. The van der Waals surface area contributed by atoms with Gasteiger partial charge in [-0.05, 0) is 12.3 Å². The van der Waals surface area contributed by atoms with Crippen LogP contribution in [0.1, 0.15) is 44.9 Å². The smallest absolute Gasteiger partial charge is 0.132 e. The zero-order valence-electron chi connectivity index (χ0n) is 11.5. The molecule has 4 heteroatoms. The molecule has 1 saturated carbocycles. The highest BCUT2D eigenvalue weighted by atomic mass is 15.1. The number of nitrogens with one attached hydrogen (secondary N) is 2. The van der Waals surface area contributed by atoms with Crippen molar-refractivity contribution in [1.82, 2.24) is 9.97 Å². The molecule has 0 unspecified atom stereocenters. The van der Waals surface area contributed by atoms with Crippen molar-refractivity contribution in [3.63, 3.8) is 0 Å². The van der Waals surface area contributed by atoms with Crippen molar-refractivity contribution in [2.24, 2.45) is 5.92 Å². The van der Waals surface area contributed by atoms with E-state index in [0.29, 0.717) is 0 Å². The minimum atomic E-state index is 0.868. The molecule has 0 amide bonds. The molecule has 18 heavy (non-hydrogen) atoms. The molecule has 0 atom stereocenters. The number of nitrogens with zero attached hydrogens (tertiary/aromatic N) is 2. The predicted octanol–water partition coefficient (Wildman–Crippen LogP) is 3.07. The Balaban J connectivity index is 1.87. The fourth-order valence-corrected chi connectivity index (χ4v) is 2.58. The van der Waals surface area contributed by atoms with E-state index in [1.54, 1.807) is 0 Å². The van der Waals surface area contributed by atoms with Gasteiger partial charge >= 0.3 is 0 Å². The Labute approximate surface area is 110 Å². The van der Waals surface area contributed by atoms with E-state index in [0.717, 1.165) is 36.3 Å². The molecule has 4 nitrogen and oxygen atoms in total. The van der Waals surface area contributed by atoms with Crippen LogP contribution in [0.5, 0.6) is 0 Å². The molecule has 0 aliphatic heterocycles. The van der Waals surface area contributed by atoms with Gasteiger partial charge in [0.25, 0.3) is 0 Å². The second-order valence-electron chi connectivity index (χ2n) is 5.02. The summed E-state index contributed by atoms with van der Waals surface area (Å²) >= 11 is 0. The molecule has 1 heterocycles. The van der Waals surface area contributed by atoms with Gasteiger partial charge in [0.15, 0.2) is 0 Å². The molecule has 0 saturated heterocycles. The molecule has 1 fully saturated rings. The van der Waals surface area contributed by atoms with Crippen LogP contribution in [-0.4, -0.2) is 23.6 Å². The van der Waals surface area contributed by atoms with Crippen LogP contribution in [0.2, 0.25) is 0 Å². The van der Waals surface area contributed by atoms with E-state index in [2.05, 4.69) is 27.5 Å². The van der Waals surface area contributed by atoms with Crippen molar-refractivity contribution in [2.75, 3.05) is 24.2 Å². The quantitative estimate of drug-likeness (QED) is 0.812. The van der Waals surface area contributed by atoms with Crippen molar-refractivity contribution >= 4 is 11.6 Å². The molecule has 1 aromatic rings. The van der Waals surface area contributed by atoms with Gasteiger partial charge < -0.3 is 10.6 Å². The lowest BCUT2D eigenvalue weighted by Crippen LogP contribution is -2.10. The summed E-state index contributed by atoms with van der Waals surface area (Å²) < 4.78 is 0. The third-order valence-electron chi connectivity index (χ3n) is 3.68. The first-order chi connectivity index (χ1) is 8.81. The highest BCUT2D eigenvalue weighted by molar-refractivity contribution is 5.47. The molecular weight excluding hydrogens is 224 g/mol. The Morgan fingerprint density at radius 2 is 1.94 bits per heavy atom. The first kappa shape index (κ1) is 13.1. The van der Waals surface area contributed by atoms with E-state index >= 15 is 0 Å². The van der Waals surface area contributed by atoms with Crippen molar-refractivity contribution in [3.8, 4) is 0 Å². The Bertz CT molecular complexity index is 350. The summed E-state index contributed by atoms with van der Waals surface area (Å²) in [5, 5.41) is 6.51. The van der Waals surface area contributed by atoms with Crippen LogP contribution in [0.3, 0.4) is 0 Å². The van der Waals surface area contributed by atoms with Crippen molar-refractivity contribution in [1.29, 1.82) is 0 Å². The molecule has 0 radical (unpaired) electrons. The fraction of sp³-hybridized carbons (Fsp3) is 0.714. The summed E-state index contributed by atoms with van der Waals surface area (Å²) in [4.78, 5) is 8.90. The van der Waals surface area contributed by atoms with Gasteiger partial charge in [-0.3, -0.25) is 0 Å². The number of hydrogen-bond acceptors (Lipinski definition) is 4. The first-order valence-corrected chi connectivity index (χ1v) is 7.11. The molecule has 0 bridgehead atoms. The van der Waals surface area contributed by atoms with Crippen LogP contribution in [0.15, 0.2) is 6.07 Å². The first-order valence-electron chi connectivity index (χ1n) is 7.11. The summed E-state index contributed by atoms with van der Waals surface area (Å²) in [6.07, 6.45) is 7.79. The molecule has 2 N–H and O–H groups in total. The third-order valence-corrected chi connectivity index (χ3v) is 3.68. The maximum Gasteiger partial charge on any atom is 0.132 e. The topological polar surface area (TPSA) is 49.8 Å². The molecule has 0 spiro atoms. The largest absolute Gasteiger partial charge is 0.373 e. The fourth-order valence-electron chi connectivity index (χ4n) is 2.58. The lowest BCUT2D eigenvalue weighted by atomic mass is 10.0. The SMILES string of the molecule is CCc1nc(NC)cc(NCCC2CCCC2)n1. The second kappa shape index (κ2) is 6.57. The summed E-state index contributed by atoms with van der Waals surface area (Å²) in [6, 6.07) is 1.98. The minimum Gasteiger partial charge on any atom is -0.373 e. The number of hydrogen-bond donors (Lipinski definition) is 2. The molecule has 0 aromatic carbocycles. The molecule has 2 rings (SSSR count). The van der Waals surface area contributed by atoms with Crippen molar-refractivity contribution in [3.05, 3.63) is 11.9 Å². The van der Waals surface area contributed by atoms with Gasteiger partial charge in [0, 0.05) is 26.1 Å². The van der Waals surface area contributed by atoms with Crippen LogP contribution in [0, 0.1) is 5.92 Å². The average Bonchev–Trinajstić information content (AvgIpc) is 2.91. The zero-order chi connectivity index (χ0) is 12.8. The summed E-state index contributed by atoms with van der Waals surface area (Å²) in [5.41, 5.74) is 0. The highest BCUT2D eigenvalue weighted by Crippen LogP contribution is 2.27. The van der Waals surface area contributed by atoms with Crippen LogP contribution < -0.4 is 10.6 Å². The van der Waals surface area contributed by atoms with E-state index in [-0.39, 0.29) is 0 Å². The maximum absolute atomic E-state index is 4.50. The summed E-state index contributed by atoms with van der Waals surface area (Å²) in [7, 11) is 1.89. The zero-order valence-corrected chi connectivity index (χ0v) is 11.5. The lowest BCUT2D eigenvalue weighted by Gasteiger charge is -2.11. The lowest BCUT2D eigenvalue weighted by molar-refractivity contribution is 0.518.